The number of carbonyl (C=O) groups is 1. The number of phenols is 1. The van der Waals surface area contributed by atoms with Crippen LogP contribution in [-0.4, -0.2) is 24.6 Å². The minimum Gasteiger partial charge on any atom is -0.508 e. The maximum atomic E-state index is 12.2. The molecule has 0 saturated carbocycles. The van der Waals surface area contributed by atoms with Crippen LogP contribution < -0.4 is 0 Å². The smallest absolute Gasteiger partial charge is 0.335 e. The van der Waals surface area contributed by atoms with E-state index in [2.05, 4.69) is 0 Å². The van der Waals surface area contributed by atoms with Crippen LogP contribution in [0.2, 0.25) is 0 Å². The summed E-state index contributed by atoms with van der Waals surface area (Å²) >= 11 is 0. The molecule has 2 aromatic rings. The van der Waals surface area contributed by atoms with Crippen LogP contribution in [0.5, 0.6) is 5.75 Å². The SMILES string of the molecule is O=C(O)c1cccc(S(=O)(=O)Cc2cccc(O)c2)c1. The Bertz CT molecular complexity index is 750. The normalized spacial score (nSPS) is 11.2. The predicted molar refractivity (Wildman–Crippen MR) is 72.4 cm³/mol. The van der Waals surface area contributed by atoms with Gasteiger partial charge in [-0.05, 0) is 35.9 Å². The quantitative estimate of drug-likeness (QED) is 0.900. The maximum Gasteiger partial charge on any atom is 0.335 e. The Hall–Kier alpha value is -2.34. The van der Waals surface area contributed by atoms with E-state index in [4.69, 9.17) is 5.11 Å². The summed E-state index contributed by atoms with van der Waals surface area (Å²) in [5, 5.41) is 18.2. The van der Waals surface area contributed by atoms with Gasteiger partial charge in [-0.1, -0.05) is 18.2 Å². The molecule has 0 heterocycles. The standard InChI is InChI=1S/C14H12O5S/c15-12-5-1-3-10(7-12)9-20(18,19)13-6-2-4-11(8-13)14(16)17/h1-8,15H,9H2,(H,16,17). The van der Waals surface area contributed by atoms with Crippen LogP contribution in [0.15, 0.2) is 53.4 Å². The van der Waals surface area contributed by atoms with Crippen molar-refractivity contribution in [3.63, 3.8) is 0 Å². The summed E-state index contributed by atoms with van der Waals surface area (Å²) < 4.78 is 24.4. The molecule has 0 aliphatic heterocycles. The summed E-state index contributed by atoms with van der Waals surface area (Å²) in [5.41, 5.74) is 0.354. The third-order valence-electron chi connectivity index (χ3n) is 2.71. The lowest BCUT2D eigenvalue weighted by atomic mass is 10.2. The lowest BCUT2D eigenvalue weighted by Gasteiger charge is -2.06. The number of sulfone groups is 1. The van der Waals surface area contributed by atoms with Crippen molar-refractivity contribution in [3.05, 3.63) is 59.7 Å². The number of aromatic hydroxyl groups is 1. The van der Waals surface area contributed by atoms with E-state index in [1.165, 1.54) is 30.3 Å². The fraction of sp³-hybridized carbons (Fsp3) is 0.0714. The van der Waals surface area contributed by atoms with Crippen molar-refractivity contribution < 1.29 is 23.4 Å². The fourth-order valence-electron chi connectivity index (χ4n) is 1.77. The summed E-state index contributed by atoms with van der Waals surface area (Å²) in [5.74, 6) is -1.50. The Kier molecular flexibility index (Phi) is 3.76. The highest BCUT2D eigenvalue weighted by molar-refractivity contribution is 7.90. The van der Waals surface area contributed by atoms with Crippen molar-refractivity contribution in [1.29, 1.82) is 0 Å². The van der Waals surface area contributed by atoms with Crippen molar-refractivity contribution in [1.82, 2.24) is 0 Å². The van der Waals surface area contributed by atoms with E-state index in [1.807, 2.05) is 0 Å². The second kappa shape index (κ2) is 5.34. The molecule has 0 radical (unpaired) electrons. The summed E-state index contributed by atoms with van der Waals surface area (Å²) in [4.78, 5) is 10.8. The molecule has 0 unspecified atom stereocenters. The van der Waals surface area contributed by atoms with Crippen LogP contribution in [0.25, 0.3) is 0 Å². The second-order valence-electron chi connectivity index (χ2n) is 4.26. The minimum atomic E-state index is -3.66. The van der Waals surface area contributed by atoms with Gasteiger partial charge >= 0.3 is 5.97 Å². The van der Waals surface area contributed by atoms with Gasteiger partial charge in [0.2, 0.25) is 0 Å². The zero-order chi connectivity index (χ0) is 14.8. The highest BCUT2D eigenvalue weighted by atomic mass is 32.2. The number of carboxylic acids is 1. The molecule has 2 aromatic carbocycles. The number of aromatic carboxylic acids is 1. The van der Waals surface area contributed by atoms with E-state index < -0.39 is 15.8 Å². The molecule has 0 aromatic heterocycles. The number of hydrogen-bond donors (Lipinski definition) is 2. The van der Waals surface area contributed by atoms with Gasteiger partial charge in [-0.25, -0.2) is 13.2 Å². The zero-order valence-electron chi connectivity index (χ0n) is 10.4. The van der Waals surface area contributed by atoms with Crippen molar-refractivity contribution >= 4 is 15.8 Å². The molecular weight excluding hydrogens is 280 g/mol. The molecule has 5 nitrogen and oxygen atoms in total. The number of benzene rings is 2. The second-order valence-corrected chi connectivity index (χ2v) is 6.25. The first-order valence-electron chi connectivity index (χ1n) is 5.72. The average molecular weight is 292 g/mol. The number of hydrogen-bond acceptors (Lipinski definition) is 4. The van der Waals surface area contributed by atoms with Gasteiger partial charge in [-0.3, -0.25) is 0 Å². The lowest BCUT2D eigenvalue weighted by Crippen LogP contribution is -2.06. The molecule has 0 spiro atoms. The average Bonchev–Trinajstić information content (AvgIpc) is 2.38. The Labute approximate surface area is 116 Å². The molecule has 2 rings (SSSR count). The third-order valence-corrected chi connectivity index (χ3v) is 4.39. The molecule has 0 aliphatic rings. The monoisotopic (exact) mass is 292 g/mol. The van der Waals surface area contributed by atoms with Gasteiger partial charge in [0.25, 0.3) is 0 Å². The molecule has 104 valence electrons. The summed E-state index contributed by atoms with van der Waals surface area (Å²) in [6.07, 6.45) is 0. The topological polar surface area (TPSA) is 91.7 Å². The first kappa shape index (κ1) is 14.1. The van der Waals surface area contributed by atoms with Crippen molar-refractivity contribution in [3.8, 4) is 5.75 Å². The first-order chi connectivity index (χ1) is 9.38. The van der Waals surface area contributed by atoms with Gasteiger partial charge in [-0.2, -0.15) is 0 Å². The van der Waals surface area contributed by atoms with Gasteiger partial charge < -0.3 is 10.2 Å². The number of rotatable bonds is 4. The Morgan fingerprint density at radius 1 is 1.05 bits per heavy atom. The van der Waals surface area contributed by atoms with Crippen LogP contribution in [0.4, 0.5) is 0 Å². The Morgan fingerprint density at radius 3 is 2.40 bits per heavy atom. The molecule has 0 atom stereocenters. The maximum absolute atomic E-state index is 12.2. The van der Waals surface area contributed by atoms with Crippen LogP contribution in [0.3, 0.4) is 0 Å². The number of phenolic OH excluding ortho intramolecular Hbond substituents is 1. The van der Waals surface area contributed by atoms with E-state index in [0.29, 0.717) is 5.56 Å². The predicted octanol–water partition coefficient (Wildman–Crippen LogP) is 2.06. The van der Waals surface area contributed by atoms with Crippen LogP contribution in [0, 0.1) is 0 Å². The van der Waals surface area contributed by atoms with Crippen molar-refractivity contribution in [2.24, 2.45) is 0 Å². The first-order valence-corrected chi connectivity index (χ1v) is 7.38. The van der Waals surface area contributed by atoms with Gasteiger partial charge in [0.05, 0.1) is 16.2 Å². The van der Waals surface area contributed by atoms with E-state index in [9.17, 15) is 18.3 Å². The molecule has 2 N–H and O–H groups in total. The van der Waals surface area contributed by atoms with Gasteiger partial charge in [0.15, 0.2) is 9.84 Å². The van der Waals surface area contributed by atoms with E-state index in [-0.39, 0.29) is 22.0 Å². The highest BCUT2D eigenvalue weighted by Crippen LogP contribution is 2.20. The zero-order valence-corrected chi connectivity index (χ0v) is 11.2. The molecule has 0 aliphatic carbocycles. The van der Waals surface area contributed by atoms with E-state index >= 15 is 0 Å². The van der Waals surface area contributed by atoms with Gasteiger partial charge in [0, 0.05) is 0 Å². The molecule has 0 fully saturated rings. The molecule has 20 heavy (non-hydrogen) atoms. The summed E-state index contributed by atoms with van der Waals surface area (Å²) in [6, 6.07) is 11.1. The van der Waals surface area contributed by atoms with Crippen LogP contribution in [-0.2, 0) is 15.6 Å². The van der Waals surface area contributed by atoms with Crippen LogP contribution >= 0.6 is 0 Å². The van der Waals surface area contributed by atoms with Crippen molar-refractivity contribution in [2.45, 2.75) is 10.6 Å². The molecule has 6 heteroatoms. The van der Waals surface area contributed by atoms with Gasteiger partial charge in [-0.15, -0.1) is 0 Å². The third kappa shape index (κ3) is 3.16. The fourth-order valence-corrected chi connectivity index (χ4v) is 3.15. The summed E-state index contributed by atoms with van der Waals surface area (Å²) in [6.45, 7) is 0. The minimum absolute atomic E-state index is 0.0167. The van der Waals surface area contributed by atoms with E-state index in [0.717, 1.165) is 6.07 Å². The highest BCUT2D eigenvalue weighted by Gasteiger charge is 2.17. The Balaban J connectivity index is 2.35. The van der Waals surface area contributed by atoms with Crippen molar-refractivity contribution in [2.75, 3.05) is 0 Å². The van der Waals surface area contributed by atoms with Gasteiger partial charge in [0.1, 0.15) is 5.75 Å². The molecule has 0 bridgehead atoms. The molecule has 0 saturated heterocycles. The summed E-state index contributed by atoms with van der Waals surface area (Å²) in [7, 11) is -3.66. The largest absolute Gasteiger partial charge is 0.508 e. The molecular formula is C14H12O5S. The Morgan fingerprint density at radius 2 is 1.75 bits per heavy atom. The van der Waals surface area contributed by atoms with E-state index in [1.54, 1.807) is 12.1 Å². The van der Waals surface area contributed by atoms with Crippen LogP contribution in [0.1, 0.15) is 15.9 Å². The molecule has 0 amide bonds. The number of carboxylic acid groups (broad SMARTS) is 1. The lowest BCUT2D eigenvalue weighted by molar-refractivity contribution is 0.0696.